The maximum absolute atomic E-state index is 13.5. The topological polar surface area (TPSA) is 55.8 Å². The Balaban J connectivity index is 1.20. The number of rotatable bonds is 3. The lowest BCUT2D eigenvalue weighted by Crippen LogP contribution is -2.70. The molecule has 5 fully saturated rings. The second-order valence-corrected chi connectivity index (χ2v) is 12.4. The summed E-state index contributed by atoms with van der Waals surface area (Å²) in [5.74, 6) is 2.38. The number of aromatic hydroxyl groups is 1. The molecule has 2 aromatic carbocycles. The van der Waals surface area contributed by atoms with Gasteiger partial charge in [-0.3, -0.25) is 4.90 Å². The van der Waals surface area contributed by atoms with Crippen LogP contribution in [0.1, 0.15) is 49.7 Å². The smallest absolute Gasteiger partial charge is 0.322 e. The third-order valence-corrected chi connectivity index (χ3v) is 11.1. The van der Waals surface area contributed by atoms with Crippen molar-refractivity contribution in [3.05, 3.63) is 59.7 Å². The Labute approximate surface area is 207 Å². The molecule has 4 bridgehead atoms. The van der Waals surface area contributed by atoms with Gasteiger partial charge in [-0.25, -0.2) is 4.79 Å². The van der Waals surface area contributed by atoms with Crippen LogP contribution in [0.2, 0.25) is 0 Å². The summed E-state index contributed by atoms with van der Waals surface area (Å²) in [6.45, 7) is 3.32. The molecule has 6 atom stereocenters. The lowest BCUT2D eigenvalue weighted by atomic mass is 9.43. The fourth-order valence-electron chi connectivity index (χ4n) is 9.89. The third kappa shape index (κ3) is 2.65. The van der Waals surface area contributed by atoms with Gasteiger partial charge in [0.15, 0.2) is 0 Å². The summed E-state index contributed by atoms with van der Waals surface area (Å²) in [7, 11) is 0. The predicted octanol–water partition coefficient (Wildman–Crippen LogP) is 5.00. The van der Waals surface area contributed by atoms with E-state index in [4.69, 9.17) is 0 Å². The Morgan fingerprint density at radius 3 is 2.77 bits per heavy atom. The van der Waals surface area contributed by atoms with Crippen molar-refractivity contribution >= 4 is 11.7 Å². The van der Waals surface area contributed by atoms with Gasteiger partial charge in [0.1, 0.15) is 5.75 Å². The van der Waals surface area contributed by atoms with Crippen molar-refractivity contribution in [2.24, 2.45) is 23.2 Å². The second-order valence-electron chi connectivity index (χ2n) is 12.4. The number of nitrogens with one attached hydrogen (secondary N) is 1. The number of piperidine rings is 1. The number of nitrogens with zero attached hydrogens (tertiary/aromatic N) is 2. The van der Waals surface area contributed by atoms with E-state index in [-0.39, 0.29) is 11.4 Å². The van der Waals surface area contributed by atoms with Gasteiger partial charge in [0.05, 0.1) is 0 Å². The normalized spacial score (nSPS) is 38.7. The van der Waals surface area contributed by atoms with Crippen LogP contribution in [-0.4, -0.2) is 52.7 Å². The number of urea groups is 1. The summed E-state index contributed by atoms with van der Waals surface area (Å²) in [5, 5.41) is 13.8. The molecule has 4 aliphatic carbocycles. The molecule has 2 unspecified atom stereocenters. The highest BCUT2D eigenvalue weighted by molar-refractivity contribution is 5.90. The van der Waals surface area contributed by atoms with E-state index >= 15 is 0 Å². The lowest BCUT2D eigenvalue weighted by Gasteiger charge is -2.66. The zero-order valence-electron chi connectivity index (χ0n) is 20.3. The van der Waals surface area contributed by atoms with Crippen LogP contribution in [0.4, 0.5) is 10.5 Å². The molecule has 6 aliphatic rings. The van der Waals surface area contributed by atoms with Gasteiger partial charge in [-0.2, -0.15) is 0 Å². The zero-order chi connectivity index (χ0) is 23.4. The number of phenolic OH excluding ortho intramolecular Hbond substituents is 1. The number of carbonyl (C=O) groups excluding carboxylic acids is 1. The number of carbonyl (C=O) groups is 1. The standard InChI is InChI=1S/C30H35N3O2/c34-23-9-8-20-14-26-29-11-10-25-27(30(29,24(20)15-23)12-13-32(26)17-19-6-7-19)21(16-29)18-33(25)28(35)31-22-4-2-1-3-5-22/h1-5,8-9,15,19,21,25-27,34H,6-7,10-14,16-18H2,(H,31,35)/t21-,25?,26-,27?,29-,30+/m1/s1. The lowest BCUT2D eigenvalue weighted by molar-refractivity contribution is -0.101. The molecule has 3 saturated carbocycles. The van der Waals surface area contributed by atoms with Crippen LogP contribution in [-0.2, 0) is 11.8 Å². The summed E-state index contributed by atoms with van der Waals surface area (Å²) in [5.41, 5.74) is 4.16. The molecular formula is C30H35N3O2. The fraction of sp³-hybridized carbons (Fsp3) is 0.567. The Bertz CT molecular complexity index is 1200. The van der Waals surface area contributed by atoms with E-state index < -0.39 is 0 Å². The molecular weight excluding hydrogens is 434 g/mol. The van der Waals surface area contributed by atoms with Gasteiger partial charge in [0.2, 0.25) is 0 Å². The van der Waals surface area contributed by atoms with E-state index in [9.17, 15) is 9.90 Å². The number of likely N-dealkylation sites (tertiary alicyclic amines) is 2. The van der Waals surface area contributed by atoms with Crippen LogP contribution >= 0.6 is 0 Å². The first-order chi connectivity index (χ1) is 17.1. The number of anilines is 1. The molecule has 2 saturated heterocycles. The van der Waals surface area contributed by atoms with Crippen molar-refractivity contribution in [2.75, 3.05) is 25.0 Å². The zero-order valence-corrected chi connectivity index (χ0v) is 20.3. The molecule has 2 amide bonds. The second kappa shape index (κ2) is 7.03. The van der Waals surface area contributed by atoms with Gasteiger partial charge in [0, 0.05) is 36.3 Å². The number of benzene rings is 2. The molecule has 8 rings (SSSR count). The van der Waals surface area contributed by atoms with Crippen LogP contribution in [0, 0.1) is 23.2 Å². The van der Waals surface area contributed by atoms with Crippen LogP contribution in [0.25, 0.3) is 0 Å². The minimum Gasteiger partial charge on any atom is -0.508 e. The number of hydrogen-bond acceptors (Lipinski definition) is 3. The van der Waals surface area contributed by atoms with Crippen LogP contribution in [0.15, 0.2) is 48.5 Å². The summed E-state index contributed by atoms with van der Waals surface area (Å²) < 4.78 is 0. The summed E-state index contributed by atoms with van der Waals surface area (Å²) >= 11 is 0. The quantitative estimate of drug-likeness (QED) is 0.665. The largest absolute Gasteiger partial charge is 0.508 e. The molecule has 0 aromatic heterocycles. The first-order valence-electron chi connectivity index (χ1n) is 13.8. The molecule has 2 heterocycles. The van der Waals surface area contributed by atoms with Gasteiger partial charge >= 0.3 is 6.03 Å². The van der Waals surface area contributed by atoms with Gasteiger partial charge in [-0.05, 0) is 110 Å². The Morgan fingerprint density at radius 1 is 1.09 bits per heavy atom. The van der Waals surface area contributed by atoms with E-state index in [1.807, 2.05) is 36.4 Å². The van der Waals surface area contributed by atoms with Crippen molar-refractivity contribution in [3.63, 3.8) is 0 Å². The first-order valence-corrected chi connectivity index (χ1v) is 13.8. The third-order valence-electron chi connectivity index (χ3n) is 11.1. The first kappa shape index (κ1) is 20.6. The average molecular weight is 470 g/mol. The van der Waals surface area contributed by atoms with Crippen molar-refractivity contribution in [1.82, 2.24) is 9.80 Å². The number of amides is 2. The highest BCUT2D eigenvalue weighted by Crippen LogP contribution is 2.75. The molecule has 0 radical (unpaired) electrons. The number of phenols is 1. The molecule has 2 aromatic rings. The van der Waals surface area contributed by atoms with Crippen molar-refractivity contribution in [1.29, 1.82) is 0 Å². The van der Waals surface area contributed by atoms with Gasteiger partial charge in [-0.1, -0.05) is 24.3 Å². The van der Waals surface area contributed by atoms with E-state index in [0.29, 0.717) is 35.1 Å². The average Bonchev–Trinajstić information content (AvgIpc) is 3.55. The van der Waals surface area contributed by atoms with Gasteiger partial charge < -0.3 is 15.3 Å². The SMILES string of the molecule is O=C(Nc1ccccc1)N1C[C@H]2C[C@@]34CCC1C2[C@@]31CCN(CC2CC2)[C@@H]4Cc2ccc(O)cc21. The van der Waals surface area contributed by atoms with Crippen molar-refractivity contribution in [3.8, 4) is 5.75 Å². The highest BCUT2D eigenvalue weighted by Gasteiger charge is 2.76. The van der Waals surface area contributed by atoms with E-state index in [1.54, 1.807) is 0 Å². The Morgan fingerprint density at radius 2 is 1.94 bits per heavy atom. The molecule has 5 heteroatoms. The van der Waals surface area contributed by atoms with Crippen LogP contribution < -0.4 is 5.32 Å². The van der Waals surface area contributed by atoms with Crippen LogP contribution in [0.3, 0.4) is 0 Å². The molecule has 182 valence electrons. The molecule has 2 aliphatic heterocycles. The number of fused-ring (bicyclic) bond motifs is 1. The highest BCUT2D eigenvalue weighted by atomic mass is 16.3. The maximum Gasteiger partial charge on any atom is 0.322 e. The van der Waals surface area contributed by atoms with E-state index in [0.717, 1.165) is 31.0 Å². The summed E-state index contributed by atoms with van der Waals surface area (Å²) in [6.07, 6.45) is 8.69. The maximum atomic E-state index is 13.5. The Kier molecular flexibility index (Phi) is 4.15. The molecule has 0 spiro atoms. The van der Waals surface area contributed by atoms with E-state index in [1.165, 1.54) is 56.3 Å². The monoisotopic (exact) mass is 469 g/mol. The predicted molar refractivity (Wildman–Crippen MR) is 135 cm³/mol. The minimum atomic E-state index is 0.0640. The Hall–Kier alpha value is -2.53. The summed E-state index contributed by atoms with van der Waals surface area (Å²) in [6, 6.07) is 17.1. The molecule has 2 N–H and O–H groups in total. The minimum absolute atomic E-state index is 0.0640. The van der Waals surface area contributed by atoms with Crippen molar-refractivity contribution < 1.29 is 9.90 Å². The fourth-order valence-corrected chi connectivity index (χ4v) is 9.89. The molecule has 5 nitrogen and oxygen atoms in total. The van der Waals surface area contributed by atoms with Crippen molar-refractivity contribution in [2.45, 2.75) is 62.4 Å². The van der Waals surface area contributed by atoms with E-state index in [2.05, 4.69) is 27.2 Å². The van der Waals surface area contributed by atoms with Gasteiger partial charge in [0.25, 0.3) is 0 Å². The number of hydrogen-bond donors (Lipinski definition) is 2. The van der Waals surface area contributed by atoms with Crippen LogP contribution in [0.5, 0.6) is 5.75 Å². The van der Waals surface area contributed by atoms with Gasteiger partial charge in [-0.15, -0.1) is 0 Å². The summed E-state index contributed by atoms with van der Waals surface area (Å²) in [4.78, 5) is 18.6. The molecule has 35 heavy (non-hydrogen) atoms. The number of para-hydroxylation sites is 1.